The van der Waals surface area contributed by atoms with Gasteiger partial charge in [-0.3, -0.25) is 4.79 Å². The van der Waals surface area contributed by atoms with E-state index in [2.05, 4.69) is 9.80 Å². The average molecular weight is 554 g/mol. The summed E-state index contributed by atoms with van der Waals surface area (Å²) < 4.78 is 34.1. The summed E-state index contributed by atoms with van der Waals surface area (Å²) in [6.45, 7) is 10.7. The molecule has 1 unspecified atom stereocenters. The standard InChI is InChI=1S/C33H45F2N3O2/c1-25(2)40-29-8-6-7-26(21-29)22-32(39)38-20-14-33(24-38,27-9-10-30(34)31(35)23-27)13-19-36-17-11-28(12-18-36)37-15-4-3-5-16-37/h6-10,21,23,25,28H,3-5,11-20,22,24H2,1-2H3. The second-order valence-corrected chi connectivity index (χ2v) is 12.4. The first kappa shape index (κ1) is 29.0. The number of carbonyl (C=O) groups excluding carboxylic acids is 1. The van der Waals surface area contributed by atoms with Crippen LogP contribution in [0.1, 0.15) is 69.9 Å². The Morgan fingerprint density at radius 2 is 1.75 bits per heavy atom. The second-order valence-electron chi connectivity index (χ2n) is 12.4. The number of nitrogens with zero attached hydrogens (tertiary/aromatic N) is 3. The molecule has 0 bridgehead atoms. The van der Waals surface area contributed by atoms with E-state index in [4.69, 9.17) is 4.74 Å². The maximum atomic E-state index is 14.4. The van der Waals surface area contributed by atoms with E-state index in [0.29, 0.717) is 25.6 Å². The molecule has 0 radical (unpaired) electrons. The van der Waals surface area contributed by atoms with Gasteiger partial charge in [0.25, 0.3) is 0 Å². The van der Waals surface area contributed by atoms with Gasteiger partial charge in [-0.1, -0.05) is 24.6 Å². The monoisotopic (exact) mass is 553 g/mol. The molecule has 1 atom stereocenters. The number of amides is 1. The number of ether oxygens (including phenoxy) is 1. The molecule has 0 spiro atoms. The predicted molar refractivity (Wildman–Crippen MR) is 155 cm³/mol. The smallest absolute Gasteiger partial charge is 0.227 e. The molecule has 218 valence electrons. The van der Waals surface area contributed by atoms with Gasteiger partial charge in [0.15, 0.2) is 11.6 Å². The minimum Gasteiger partial charge on any atom is -0.491 e. The largest absolute Gasteiger partial charge is 0.491 e. The first-order valence-corrected chi connectivity index (χ1v) is 15.3. The Labute approximate surface area is 238 Å². The zero-order valence-electron chi connectivity index (χ0n) is 24.2. The lowest BCUT2D eigenvalue weighted by atomic mass is 9.76. The van der Waals surface area contributed by atoms with E-state index in [1.54, 1.807) is 6.07 Å². The van der Waals surface area contributed by atoms with Gasteiger partial charge in [-0.25, -0.2) is 8.78 Å². The van der Waals surface area contributed by atoms with Gasteiger partial charge < -0.3 is 19.4 Å². The highest BCUT2D eigenvalue weighted by Crippen LogP contribution is 2.39. The van der Waals surface area contributed by atoms with E-state index in [0.717, 1.165) is 49.4 Å². The number of hydrogen-bond donors (Lipinski definition) is 0. The van der Waals surface area contributed by atoms with Crippen molar-refractivity contribution in [2.45, 2.75) is 82.8 Å². The number of likely N-dealkylation sites (tertiary alicyclic amines) is 3. The van der Waals surface area contributed by atoms with Gasteiger partial charge >= 0.3 is 0 Å². The molecule has 3 fully saturated rings. The summed E-state index contributed by atoms with van der Waals surface area (Å²) in [5, 5.41) is 0. The van der Waals surface area contributed by atoms with E-state index in [1.807, 2.05) is 43.0 Å². The van der Waals surface area contributed by atoms with Gasteiger partial charge in [0.2, 0.25) is 5.91 Å². The summed E-state index contributed by atoms with van der Waals surface area (Å²) in [6.07, 6.45) is 8.35. The fourth-order valence-electron chi connectivity index (χ4n) is 6.95. The third kappa shape index (κ3) is 7.03. The molecule has 3 saturated heterocycles. The van der Waals surface area contributed by atoms with Gasteiger partial charge in [0.05, 0.1) is 12.5 Å². The molecular formula is C33H45F2N3O2. The third-order valence-corrected chi connectivity index (χ3v) is 9.23. The molecule has 3 aliphatic heterocycles. The van der Waals surface area contributed by atoms with Crippen LogP contribution in [0.25, 0.3) is 0 Å². The minimum absolute atomic E-state index is 0.0634. The van der Waals surface area contributed by atoms with Crippen molar-refractivity contribution < 1.29 is 18.3 Å². The molecule has 7 heteroatoms. The van der Waals surface area contributed by atoms with E-state index >= 15 is 0 Å². The number of hydrogen-bond acceptors (Lipinski definition) is 4. The second kappa shape index (κ2) is 13.0. The number of rotatable bonds is 9. The van der Waals surface area contributed by atoms with Gasteiger partial charge in [-0.15, -0.1) is 0 Å². The van der Waals surface area contributed by atoms with Crippen molar-refractivity contribution in [2.24, 2.45) is 0 Å². The topological polar surface area (TPSA) is 36.0 Å². The summed E-state index contributed by atoms with van der Waals surface area (Å²) in [5.41, 5.74) is 1.35. The van der Waals surface area contributed by atoms with Crippen LogP contribution in [-0.2, 0) is 16.6 Å². The van der Waals surface area contributed by atoms with Crippen LogP contribution in [-0.4, -0.2) is 78.6 Å². The summed E-state index contributed by atoms with van der Waals surface area (Å²) >= 11 is 0. The molecule has 0 N–H and O–H groups in total. The number of carbonyl (C=O) groups is 1. The molecule has 2 aromatic rings. The molecule has 2 aromatic carbocycles. The fraction of sp³-hybridized carbons (Fsp3) is 0.606. The molecule has 1 amide bonds. The van der Waals surface area contributed by atoms with Crippen LogP contribution in [0.4, 0.5) is 8.78 Å². The molecule has 3 aliphatic rings. The normalized spacial score (nSPS) is 23.2. The van der Waals surface area contributed by atoms with Crippen LogP contribution in [0.3, 0.4) is 0 Å². The molecule has 0 aliphatic carbocycles. The molecular weight excluding hydrogens is 508 g/mol. The van der Waals surface area contributed by atoms with Crippen LogP contribution < -0.4 is 4.74 Å². The van der Waals surface area contributed by atoms with Gasteiger partial charge in [0.1, 0.15) is 5.75 Å². The number of piperidine rings is 2. The van der Waals surface area contributed by atoms with Crippen LogP contribution in [0.5, 0.6) is 5.75 Å². The maximum Gasteiger partial charge on any atom is 0.227 e. The molecule has 5 rings (SSSR count). The van der Waals surface area contributed by atoms with Crippen molar-refractivity contribution >= 4 is 5.91 Å². The lowest BCUT2D eigenvalue weighted by Crippen LogP contribution is -2.47. The lowest BCUT2D eigenvalue weighted by molar-refractivity contribution is -0.129. The van der Waals surface area contributed by atoms with Crippen molar-refractivity contribution in [3.8, 4) is 5.75 Å². The quantitative estimate of drug-likeness (QED) is 0.393. The van der Waals surface area contributed by atoms with Crippen molar-refractivity contribution in [1.82, 2.24) is 14.7 Å². The van der Waals surface area contributed by atoms with Gasteiger partial charge in [0, 0.05) is 24.5 Å². The van der Waals surface area contributed by atoms with Crippen molar-refractivity contribution in [3.63, 3.8) is 0 Å². The first-order chi connectivity index (χ1) is 19.3. The number of benzene rings is 2. The van der Waals surface area contributed by atoms with Crippen LogP contribution in [0, 0.1) is 11.6 Å². The summed E-state index contributed by atoms with van der Waals surface area (Å²) in [5.74, 6) is -0.811. The number of halogens is 2. The minimum atomic E-state index is -0.826. The Morgan fingerprint density at radius 3 is 2.48 bits per heavy atom. The van der Waals surface area contributed by atoms with E-state index in [9.17, 15) is 13.6 Å². The summed E-state index contributed by atoms with van der Waals surface area (Å²) in [4.78, 5) is 20.6. The Balaban J connectivity index is 1.24. The van der Waals surface area contributed by atoms with Crippen LogP contribution in [0.15, 0.2) is 42.5 Å². The zero-order chi connectivity index (χ0) is 28.1. The fourth-order valence-corrected chi connectivity index (χ4v) is 6.95. The Morgan fingerprint density at radius 1 is 0.975 bits per heavy atom. The molecule has 3 heterocycles. The molecule has 0 saturated carbocycles. The highest BCUT2D eigenvalue weighted by molar-refractivity contribution is 5.79. The zero-order valence-corrected chi connectivity index (χ0v) is 24.2. The Kier molecular flexibility index (Phi) is 9.41. The first-order valence-electron chi connectivity index (χ1n) is 15.3. The highest BCUT2D eigenvalue weighted by Gasteiger charge is 2.42. The summed E-state index contributed by atoms with van der Waals surface area (Å²) in [6, 6.07) is 12.7. The van der Waals surface area contributed by atoms with Crippen molar-refractivity contribution in [2.75, 3.05) is 45.8 Å². The van der Waals surface area contributed by atoms with Gasteiger partial charge in [-0.05, 0) is 120 Å². The maximum absolute atomic E-state index is 14.4. The summed E-state index contributed by atoms with van der Waals surface area (Å²) in [7, 11) is 0. The lowest BCUT2D eigenvalue weighted by Gasteiger charge is -2.41. The molecule has 40 heavy (non-hydrogen) atoms. The van der Waals surface area contributed by atoms with Crippen LogP contribution in [0.2, 0.25) is 0 Å². The third-order valence-electron chi connectivity index (χ3n) is 9.23. The van der Waals surface area contributed by atoms with E-state index in [1.165, 1.54) is 57.3 Å². The molecule has 5 nitrogen and oxygen atoms in total. The Bertz CT molecular complexity index is 1140. The van der Waals surface area contributed by atoms with Crippen molar-refractivity contribution in [1.29, 1.82) is 0 Å². The Hall–Kier alpha value is -2.51. The van der Waals surface area contributed by atoms with E-state index in [-0.39, 0.29) is 17.4 Å². The average Bonchev–Trinajstić information content (AvgIpc) is 3.40. The van der Waals surface area contributed by atoms with Crippen molar-refractivity contribution in [3.05, 3.63) is 65.2 Å². The van der Waals surface area contributed by atoms with Gasteiger partial charge in [-0.2, -0.15) is 0 Å². The predicted octanol–water partition coefficient (Wildman–Crippen LogP) is 5.81. The highest BCUT2D eigenvalue weighted by atomic mass is 19.2. The SMILES string of the molecule is CC(C)Oc1cccc(CC(=O)N2CCC(CCN3CCC(N4CCCCC4)CC3)(c3ccc(F)c(F)c3)C2)c1. The molecule has 0 aromatic heterocycles. The van der Waals surface area contributed by atoms with Crippen LogP contribution >= 0.6 is 0 Å². The van der Waals surface area contributed by atoms with E-state index < -0.39 is 11.6 Å².